The summed E-state index contributed by atoms with van der Waals surface area (Å²) >= 11 is 0. The van der Waals surface area contributed by atoms with E-state index in [-0.39, 0.29) is 23.5 Å². The van der Waals surface area contributed by atoms with Gasteiger partial charge in [-0.25, -0.2) is 8.42 Å². The average molecular weight is 422 g/mol. The summed E-state index contributed by atoms with van der Waals surface area (Å²) in [6.45, 7) is 7.75. The smallest absolute Gasteiger partial charge is 0.258 e. The number of piperidine rings is 1. The predicted octanol–water partition coefficient (Wildman–Crippen LogP) is 2.26. The van der Waals surface area contributed by atoms with Gasteiger partial charge in [-0.05, 0) is 57.7 Å². The highest BCUT2D eigenvalue weighted by molar-refractivity contribution is 7.89. The maximum Gasteiger partial charge on any atom is 0.258 e. The number of nitrogens with one attached hydrogen (secondary N) is 1. The van der Waals surface area contributed by atoms with Crippen LogP contribution in [0.3, 0.4) is 0 Å². The van der Waals surface area contributed by atoms with Crippen molar-refractivity contribution < 1.29 is 22.5 Å². The van der Waals surface area contributed by atoms with Gasteiger partial charge in [-0.2, -0.15) is 4.31 Å². The van der Waals surface area contributed by atoms with Crippen LogP contribution in [-0.2, 0) is 14.8 Å². The van der Waals surface area contributed by atoms with Crippen molar-refractivity contribution in [3.05, 3.63) is 40.8 Å². The molecular formula is C20H27N3O5S. The second-order valence-electron chi connectivity index (χ2n) is 7.39. The van der Waals surface area contributed by atoms with Crippen LogP contribution in [-0.4, -0.2) is 49.5 Å². The Bertz CT molecular complexity index is 972. The van der Waals surface area contributed by atoms with E-state index in [0.29, 0.717) is 43.1 Å². The van der Waals surface area contributed by atoms with Crippen LogP contribution in [0, 0.1) is 27.7 Å². The van der Waals surface area contributed by atoms with Gasteiger partial charge in [0.25, 0.3) is 5.91 Å². The lowest BCUT2D eigenvalue weighted by molar-refractivity contribution is -0.124. The molecule has 29 heavy (non-hydrogen) atoms. The Kier molecular flexibility index (Phi) is 6.28. The largest absolute Gasteiger partial charge is 0.483 e. The molecule has 1 aromatic heterocycles. The Morgan fingerprint density at radius 1 is 1.24 bits per heavy atom. The van der Waals surface area contributed by atoms with E-state index in [1.54, 1.807) is 13.8 Å². The first-order valence-electron chi connectivity index (χ1n) is 9.61. The quantitative estimate of drug-likeness (QED) is 0.768. The molecule has 0 aliphatic carbocycles. The van der Waals surface area contributed by atoms with Crippen molar-refractivity contribution in [1.82, 2.24) is 14.8 Å². The number of benzene rings is 1. The number of nitrogens with zero attached hydrogens (tertiary/aromatic N) is 2. The third-order valence-electron chi connectivity index (χ3n) is 5.30. The molecule has 0 radical (unpaired) electrons. The Labute approximate surface area is 171 Å². The van der Waals surface area contributed by atoms with E-state index in [4.69, 9.17) is 9.26 Å². The van der Waals surface area contributed by atoms with Gasteiger partial charge in [0.05, 0.1) is 0 Å². The van der Waals surface area contributed by atoms with Crippen LogP contribution in [0.2, 0.25) is 0 Å². The fourth-order valence-electron chi connectivity index (χ4n) is 3.51. The highest BCUT2D eigenvalue weighted by Crippen LogP contribution is 2.26. The molecule has 0 spiro atoms. The first-order valence-corrected chi connectivity index (χ1v) is 11.1. The summed E-state index contributed by atoms with van der Waals surface area (Å²) < 4.78 is 37.8. The van der Waals surface area contributed by atoms with Gasteiger partial charge in [0.15, 0.2) is 12.4 Å². The van der Waals surface area contributed by atoms with Crippen molar-refractivity contribution in [2.45, 2.75) is 51.5 Å². The zero-order valence-corrected chi connectivity index (χ0v) is 18.0. The number of ether oxygens (including phenoxy) is 1. The molecular weight excluding hydrogens is 394 g/mol. The molecule has 9 heteroatoms. The van der Waals surface area contributed by atoms with E-state index in [2.05, 4.69) is 10.5 Å². The molecule has 1 fully saturated rings. The number of aromatic nitrogens is 1. The third-order valence-corrected chi connectivity index (χ3v) is 7.44. The highest BCUT2D eigenvalue weighted by atomic mass is 32.2. The van der Waals surface area contributed by atoms with Gasteiger partial charge >= 0.3 is 0 Å². The number of carbonyl (C=O) groups excluding carboxylic acids is 1. The summed E-state index contributed by atoms with van der Waals surface area (Å²) in [4.78, 5) is 12.4. The fourth-order valence-corrected chi connectivity index (χ4v) is 5.27. The van der Waals surface area contributed by atoms with Crippen LogP contribution < -0.4 is 10.1 Å². The molecule has 1 N–H and O–H groups in total. The maximum absolute atomic E-state index is 12.9. The fraction of sp³-hybridized carbons (Fsp3) is 0.500. The summed E-state index contributed by atoms with van der Waals surface area (Å²) in [6.07, 6.45) is 1.08. The zero-order valence-electron chi connectivity index (χ0n) is 17.2. The maximum atomic E-state index is 12.9. The minimum atomic E-state index is -3.65. The van der Waals surface area contributed by atoms with Crippen molar-refractivity contribution in [1.29, 1.82) is 0 Å². The lowest BCUT2D eigenvalue weighted by atomic mass is 10.1. The molecule has 0 saturated carbocycles. The van der Waals surface area contributed by atoms with E-state index in [1.807, 2.05) is 32.0 Å². The Hall–Kier alpha value is -2.39. The predicted molar refractivity (Wildman–Crippen MR) is 107 cm³/mol. The van der Waals surface area contributed by atoms with Crippen molar-refractivity contribution >= 4 is 15.9 Å². The van der Waals surface area contributed by atoms with Crippen LogP contribution in [0.5, 0.6) is 5.75 Å². The van der Waals surface area contributed by atoms with Crippen molar-refractivity contribution in [2.24, 2.45) is 0 Å². The van der Waals surface area contributed by atoms with E-state index in [9.17, 15) is 13.2 Å². The van der Waals surface area contributed by atoms with E-state index in [0.717, 1.165) is 11.1 Å². The van der Waals surface area contributed by atoms with Crippen molar-refractivity contribution in [2.75, 3.05) is 19.7 Å². The molecule has 1 aliphatic rings. The number of sulfonamides is 1. The number of carbonyl (C=O) groups is 1. The molecule has 1 aromatic carbocycles. The van der Waals surface area contributed by atoms with E-state index < -0.39 is 10.0 Å². The number of amides is 1. The number of hydrogen-bond donors (Lipinski definition) is 1. The molecule has 1 amide bonds. The van der Waals surface area contributed by atoms with Crippen molar-refractivity contribution in [3.63, 3.8) is 0 Å². The van der Waals surface area contributed by atoms with Gasteiger partial charge in [0.1, 0.15) is 16.3 Å². The molecule has 3 rings (SSSR count). The topological polar surface area (TPSA) is 102 Å². The molecule has 2 aromatic rings. The first-order chi connectivity index (χ1) is 13.7. The minimum absolute atomic E-state index is 0.0676. The molecule has 158 valence electrons. The summed E-state index contributed by atoms with van der Waals surface area (Å²) in [5.74, 6) is 0.778. The summed E-state index contributed by atoms with van der Waals surface area (Å²) in [6, 6.07) is 5.64. The molecule has 8 nitrogen and oxygen atoms in total. The minimum Gasteiger partial charge on any atom is -0.483 e. The van der Waals surface area contributed by atoms with E-state index in [1.165, 1.54) is 4.31 Å². The molecule has 0 bridgehead atoms. The summed E-state index contributed by atoms with van der Waals surface area (Å²) in [5, 5.41) is 6.67. The van der Waals surface area contributed by atoms with Crippen LogP contribution in [0.4, 0.5) is 0 Å². The Morgan fingerprint density at radius 3 is 2.55 bits per heavy atom. The van der Waals surface area contributed by atoms with Gasteiger partial charge in [0, 0.05) is 19.1 Å². The number of aryl methyl sites for hydroxylation is 3. The monoisotopic (exact) mass is 421 g/mol. The molecule has 2 heterocycles. The first kappa shape index (κ1) is 21.3. The van der Waals surface area contributed by atoms with Gasteiger partial charge in [0.2, 0.25) is 10.0 Å². The standard InChI is InChI=1S/C20H27N3O5S/c1-13-6-5-7-18(14(13)2)27-12-19(24)21-17-8-10-23(11-9-17)29(25,26)20-15(3)22-28-16(20)4/h5-7,17H,8-12H2,1-4H3,(H,21,24). The van der Waals surface area contributed by atoms with Crippen LogP contribution >= 0.6 is 0 Å². The molecule has 0 atom stereocenters. The van der Waals surface area contributed by atoms with Crippen LogP contribution in [0.1, 0.15) is 35.4 Å². The second-order valence-corrected chi connectivity index (χ2v) is 9.26. The van der Waals surface area contributed by atoms with Gasteiger partial charge in [-0.3, -0.25) is 4.79 Å². The number of hydrogen-bond acceptors (Lipinski definition) is 6. The Balaban J connectivity index is 1.52. The molecule has 1 saturated heterocycles. The normalized spacial score (nSPS) is 16.0. The van der Waals surface area contributed by atoms with Crippen LogP contribution in [0.15, 0.2) is 27.6 Å². The highest BCUT2D eigenvalue weighted by Gasteiger charge is 2.34. The molecule has 1 aliphatic heterocycles. The lowest BCUT2D eigenvalue weighted by Gasteiger charge is -2.31. The summed E-state index contributed by atoms with van der Waals surface area (Å²) in [5.41, 5.74) is 2.48. The molecule has 0 unspecified atom stereocenters. The number of rotatable bonds is 6. The van der Waals surface area contributed by atoms with Crippen LogP contribution in [0.25, 0.3) is 0 Å². The zero-order chi connectivity index (χ0) is 21.2. The summed E-state index contributed by atoms with van der Waals surface area (Å²) in [7, 11) is -3.65. The average Bonchev–Trinajstić information content (AvgIpc) is 3.02. The third kappa shape index (κ3) is 4.62. The van der Waals surface area contributed by atoms with E-state index >= 15 is 0 Å². The van der Waals surface area contributed by atoms with Crippen molar-refractivity contribution in [3.8, 4) is 5.75 Å². The van der Waals surface area contributed by atoms with Gasteiger partial charge < -0.3 is 14.6 Å². The lowest BCUT2D eigenvalue weighted by Crippen LogP contribution is -2.47. The SMILES string of the molecule is Cc1cccc(OCC(=O)NC2CCN(S(=O)(=O)c3c(C)noc3C)CC2)c1C. The second kappa shape index (κ2) is 8.54. The Morgan fingerprint density at radius 2 is 1.93 bits per heavy atom. The van der Waals surface area contributed by atoms with Gasteiger partial charge in [-0.1, -0.05) is 17.3 Å². The van der Waals surface area contributed by atoms with Gasteiger partial charge in [-0.15, -0.1) is 0 Å².